The summed E-state index contributed by atoms with van der Waals surface area (Å²) in [6.07, 6.45) is 2.10. The highest BCUT2D eigenvalue weighted by molar-refractivity contribution is 6.35. The van der Waals surface area contributed by atoms with Crippen molar-refractivity contribution < 1.29 is 5.11 Å². The molecule has 1 heterocycles. The van der Waals surface area contributed by atoms with Gasteiger partial charge < -0.3 is 16.2 Å². The van der Waals surface area contributed by atoms with Gasteiger partial charge in [0.2, 0.25) is 0 Å². The first-order valence-electron chi connectivity index (χ1n) is 4.32. The summed E-state index contributed by atoms with van der Waals surface area (Å²) in [5, 5.41) is 12.2. The third-order valence-electron chi connectivity index (χ3n) is 1.87. The molecule has 6 heteroatoms. The highest BCUT2D eigenvalue weighted by Gasteiger charge is 2.10. The molecule has 0 bridgehead atoms. The molecule has 0 saturated heterocycles. The summed E-state index contributed by atoms with van der Waals surface area (Å²) < 4.78 is 0. The van der Waals surface area contributed by atoms with E-state index in [1.54, 1.807) is 0 Å². The lowest BCUT2D eigenvalue weighted by Gasteiger charge is -2.15. The van der Waals surface area contributed by atoms with E-state index < -0.39 is 0 Å². The fraction of sp³-hybridized carbons (Fsp3) is 0.500. The number of nitrogens with zero attached hydrogens (tertiary/aromatic N) is 2. The van der Waals surface area contributed by atoms with Crippen LogP contribution in [-0.2, 0) is 0 Å². The second-order valence-corrected chi connectivity index (χ2v) is 3.23. The van der Waals surface area contributed by atoms with Crippen LogP contribution in [0.2, 0.25) is 5.02 Å². The fourth-order valence-corrected chi connectivity index (χ4v) is 1.11. The average molecular weight is 217 g/mol. The second kappa shape index (κ2) is 4.97. The molecule has 14 heavy (non-hydrogen) atoms. The first-order valence-corrected chi connectivity index (χ1v) is 4.70. The minimum absolute atomic E-state index is 0.0245. The van der Waals surface area contributed by atoms with Crippen molar-refractivity contribution in [1.29, 1.82) is 0 Å². The number of halogens is 1. The van der Waals surface area contributed by atoms with Crippen molar-refractivity contribution in [3.05, 3.63) is 11.3 Å². The molecule has 0 radical (unpaired) electrons. The van der Waals surface area contributed by atoms with E-state index in [2.05, 4.69) is 15.3 Å². The van der Waals surface area contributed by atoms with E-state index in [-0.39, 0.29) is 18.5 Å². The Labute approximate surface area is 87.3 Å². The average Bonchev–Trinajstić information content (AvgIpc) is 2.20. The zero-order chi connectivity index (χ0) is 10.6. The molecule has 1 aromatic heterocycles. The predicted octanol–water partition coefficient (Wildman–Crippen LogP) is 0.895. The maximum atomic E-state index is 8.97. The first-order chi connectivity index (χ1) is 6.69. The molecule has 0 saturated carbocycles. The van der Waals surface area contributed by atoms with Crippen molar-refractivity contribution in [1.82, 2.24) is 9.97 Å². The number of nitrogens with two attached hydrogens (primary N) is 1. The summed E-state index contributed by atoms with van der Waals surface area (Å²) in [4.78, 5) is 7.66. The summed E-state index contributed by atoms with van der Waals surface area (Å²) in [5.74, 6) is 0.692. The summed E-state index contributed by atoms with van der Waals surface area (Å²) in [7, 11) is 0. The summed E-state index contributed by atoms with van der Waals surface area (Å²) >= 11 is 5.86. The largest absolute Gasteiger partial charge is 0.394 e. The van der Waals surface area contributed by atoms with Crippen LogP contribution >= 0.6 is 11.6 Å². The lowest BCUT2D eigenvalue weighted by Crippen LogP contribution is -2.23. The number of hydrogen-bond acceptors (Lipinski definition) is 5. The maximum Gasteiger partial charge on any atom is 0.150 e. The molecular formula is C8H13ClN4O. The third-order valence-corrected chi connectivity index (χ3v) is 2.24. The van der Waals surface area contributed by atoms with Crippen molar-refractivity contribution in [3.63, 3.8) is 0 Å². The molecule has 0 aromatic carbocycles. The van der Waals surface area contributed by atoms with Gasteiger partial charge in [0, 0.05) is 0 Å². The fourth-order valence-electron chi connectivity index (χ4n) is 0.954. The van der Waals surface area contributed by atoms with Crippen LogP contribution < -0.4 is 11.1 Å². The van der Waals surface area contributed by atoms with E-state index in [9.17, 15) is 0 Å². The number of nitrogen functional groups attached to an aromatic ring is 1. The van der Waals surface area contributed by atoms with Crippen molar-refractivity contribution in [2.24, 2.45) is 0 Å². The molecule has 4 N–H and O–H groups in total. The monoisotopic (exact) mass is 216 g/mol. The zero-order valence-electron chi connectivity index (χ0n) is 7.87. The van der Waals surface area contributed by atoms with E-state index in [0.29, 0.717) is 10.8 Å². The number of aliphatic hydroxyl groups excluding tert-OH is 1. The van der Waals surface area contributed by atoms with Crippen molar-refractivity contribution in [3.8, 4) is 0 Å². The van der Waals surface area contributed by atoms with Crippen molar-refractivity contribution in [2.45, 2.75) is 19.4 Å². The van der Waals surface area contributed by atoms with Crippen LogP contribution in [0.15, 0.2) is 6.33 Å². The Morgan fingerprint density at radius 2 is 2.36 bits per heavy atom. The number of anilines is 2. The molecule has 0 aliphatic rings. The van der Waals surface area contributed by atoms with Gasteiger partial charge in [0.05, 0.1) is 12.6 Å². The molecule has 5 nitrogen and oxygen atoms in total. The van der Waals surface area contributed by atoms with Crippen LogP contribution in [0.1, 0.15) is 13.3 Å². The Kier molecular flexibility index (Phi) is 3.91. The second-order valence-electron chi connectivity index (χ2n) is 2.85. The maximum absolute atomic E-state index is 8.97. The van der Waals surface area contributed by atoms with Crippen LogP contribution in [0.5, 0.6) is 0 Å². The van der Waals surface area contributed by atoms with Gasteiger partial charge >= 0.3 is 0 Å². The standard InChI is InChI=1S/C8H13ClN4O/c1-2-5(3-14)13-8-6(9)7(10)11-4-12-8/h4-5,14H,2-3H2,1H3,(H3,10,11,12,13). The van der Waals surface area contributed by atoms with E-state index >= 15 is 0 Å². The predicted molar refractivity (Wildman–Crippen MR) is 56.2 cm³/mol. The topological polar surface area (TPSA) is 84.1 Å². The molecule has 0 fully saturated rings. The van der Waals surface area contributed by atoms with Crippen LogP contribution in [0, 0.1) is 0 Å². The number of nitrogens with one attached hydrogen (secondary N) is 1. The van der Waals surface area contributed by atoms with Gasteiger partial charge in [-0.2, -0.15) is 0 Å². The minimum atomic E-state index is -0.0678. The molecule has 1 atom stereocenters. The van der Waals surface area contributed by atoms with Gasteiger partial charge in [-0.15, -0.1) is 0 Å². The highest BCUT2D eigenvalue weighted by atomic mass is 35.5. The lowest BCUT2D eigenvalue weighted by molar-refractivity contribution is 0.271. The van der Waals surface area contributed by atoms with Gasteiger partial charge in [-0.3, -0.25) is 0 Å². The number of rotatable bonds is 4. The number of hydrogen-bond donors (Lipinski definition) is 3. The Hall–Kier alpha value is -1.07. The molecule has 1 rings (SSSR count). The summed E-state index contributed by atoms with van der Waals surface area (Å²) in [6.45, 7) is 1.98. The van der Waals surface area contributed by atoms with Gasteiger partial charge in [0.25, 0.3) is 0 Å². The van der Waals surface area contributed by atoms with E-state index in [4.69, 9.17) is 22.4 Å². The zero-order valence-corrected chi connectivity index (χ0v) is 8.62. The Bertz CT molecular complexity index is 303. The molecule has 1 aromatic rings. The van der Waals surface area contributed by atoms with Gasteiger partial charge in [-0.25, -0.2) is 9.97 Å². The Morgan fingerprint density at radius 1 is 1.64 bits per heavy atom. The van der Waals surface area contributed by atoms with E-state index in [1.165, 1.54) is 6.33 Å². The van der Waals surface area contributed by atoms with Crippen molar-refractivity contribution in [2.75, 3.05) is 17.7 Å². The highest BCUT2D eigenvalue weighted by Crippen LogP contribution is 2.23. The Balaban J connectivity index is 2.80. The lowest BCUT2D eigenvalue weighted by atomic mass is 10.2. The van der Waals surface area contributed by atoms with Crippen LogP contribution in [0.25, 0.3) is 0 Å². The molecule has 0 aliphatic heterocycles. The molecule has 78 valence electrons. The van der Waals surface area contributed by atoms with Gasteiger partial charge in [0.15, 0.2) is 5.82 Å². The third kappa shape index (κ3) is 2.46. The SMILES string of the molecule is CCC(CO)Nc1ncnc(N)c1Cl. The van der Waals surface area contributed by atoms with Crippen LogP contribution in [0.4, 0.5) is 11.6 Å². The molecule has 0 spiro atoms. The normalized spacial score (nSPS) is 12.5. The summed E-state index contributed by atoms with van der Waals surface area (Å²) in [6, 6.07) is -0.0678. The van der Waals surface area contributed by atoms with Gasteiger partial charge in [0.1, 0.15) is 17.2 Å². The van der Waals surface area contributed by atoms with Crippen LogP contribution in [-0.4, -0.2) is 27.7 Å². The van der Waals surface area contributed by atoms with Crippen molar-refractivity contribution >= 4 is 23.2 Å². The van der Waals surface area contributed by atoms with Gasteiger partial charge in [-0.1, -0.05) is 18.5 Å². The summed E-state index contributed by atoms with van der Waals surface area (Å²) in [5.41, 5.74) is 5.49. The number of aliphatic hydroxyl groups is 1. The molecule has 0 amide bonds. The molecular weight excluding hydrogens is 204 g/mol. The molecule has 0 aliphatic carbocycles. The quantitative estimate of drug-likeness (QED) is 0.696. The first kappa shape index (κ1) is 11.0. The Morgan fingerprint density at radius 3 is 2.93 bits per heavy atom. The number of aromatic nitrogens is 2. The molecule has 1 unspecified atom stereocenters. The van der Waals surface area contributed by atoms with Gasteiger partial charge in [-0.05, 0) is 6.42 Å². The minimum Gasteiger partial charge on any atom is -0.394 e. The van der Waals surface area contributed by atoms with E-state index in [0.717, 1.165) is 6.42 Å². The smallest absolute Gasteiger partial charge is 0.150 e. The van der Waals surface area contributed by atoms with E-state index in [1.807, 2.05) is 6.92 Å². The van der Waals surface area contributed by atoms with Crippen LogP contribution in [0.3, 0.4) is 0 Å².